The van der Waals surface area contributed by atoms with Gasteiger partial charge in [0.2, 0.25) is 0 Å². The molecule has 0 radical (unpaired) electrons. The number of ether oxygens (including phenoxy) is 1. The lowest BCUT2D eigenvalue weighted by molar-refractivity contribution is 0.130. The van der Waals surface area contributed by atoms with Crippen molar-refractivity contribution in [2.24, 2.45) is 5.73 Å². The van der Waals surface area contributed by atoms with E-state index in [0.717, 1.165) is 11.3 Å². The summed E-state index contributed by atoms with van der Waals surface area (Å²) in [5.41, 5.74) is 6.66. The number of rotatable bonds is 4. The minimum Gasteiger partial charge on any atom is -0.488 e. The summed E-state index contributed by atoms with van der Waals surface area (Å²) in [5, 5.41) is 9.68. The highest BCUT2D eigenvalue weighted by Gasteiger charge is 2.16. The van der Waals surface area contributed by atoms with Gasteiger partial charge in [0.15, 0.2) is 0 Å². The van der Waals surface area contributed by atoms with E-state index in [0.29, 0.717) is 6.42 Å². The molecule has 0 aliphatic carbocycles. The van der Waals surface area contributed by atoms with Crippen LogP contribution in [0.1, 0.15) is 45.7 Å². The molecule has 0 unspecified atom stereocenters. The van der Waals surface area contributed by atoms with E-state index in [9.17, 15) is 5.11 Å². The van der Waals surface area contributed by atoms with Crippen LogP contribution >= 0.6 is 0 Å². The standard InChI is InChI=1S/C14H23NO2/c1-5-12(16)13(15)10-6-8-11(9-7-10)17-14(2,3)4/h6-9,12-13,16H,5,15H2,1-4H3/t12-,13+/m1/s1. The number of hydrogen-bond donors (Lipinski definition) is 2. The monoisotopic (exact) mass is 237 g/mol. The van der Waals surface area contributed by atoms with Crippen molar-refractivity contribution in [2.45, 2.75) is 51.9 Å². The smallest absolute Gasteiger partial charge is 0.120 e. The van der Waals surface area contributed by atoms with Crippen molar-refractivity contribution in [3.8, 4) is 5.75 Å². The van der Waals surface area contributed by atoms with Crippen LogP contribution in [0.4, 0.5) is 0 Å². The number of aliphatic hydroxyl groups excluding tert-OH is 1. The molecule has 17 heavy (non-hydrogen) atoms. The fourth-order valence-electron chi connectivity index (χ4n) is 1.59. The molecule has 0 heterocycles. The fraction of sp³-hybridized carbons (Fsp3) is 0.571. The summed E-state index contributed by atoms with van der Waals surface area (Å²) in [5.74, 6) is 0.819. The van der Waals surface area contributed by atoms with Crippen LogP contribution in [-0.2, 0) is 0 Å². The lowest BCUT2D eigenvalue weighted by Gasteiger charge is -2.22. The molecule has 0 saturated heterocycles. The summed E-state index contributed by atoms with van der Waals surface area (Å²) in [7, 11) is 0. The van der Waals surface area contributed by atoms with Gasteiger partial charge in [-0.3, -0.25) is 0 Å². The largest absolute Gasteiger partial charge is 0.488 e. The van der Waals surface area contributed by atoms with Gasteiger partial charge in [0, 0.05) is 0 Å². The van der Waals surface area contributed by atoms with E-state index in [-0.39, 0.29) is 11.6 Å². The SMILES string of the molecule is CC[C@@H](O)[C@@H](N)c1ccc(OC(C)(C)C)cc1. The molecule has 1 aromatic rings. The maximum Gasteiger partial charge on any atom is 0.120 e. The molecule has 0 aromatic heterocycles. The van der Waals surface area contributed by atoms with Crippen LogP contribution in [0.3, 0.4) is 0 Å². The van der Waals surface area contributed by atoms with Crippen molar-refractivity contribution in [3.05, 3.63) is 29.8 Å². The van der Waals surface area contributed by atoms with Gasteiger partial charge < -0.3 is 15.6 Å². The van der Waals surface area contributed by atoms with Crippen LogP contribution in [0.2, 0.25) is 0 Å². The molecule has 96 valence electrons. The maximum atomic E-state index is 9.68. The first-order chi connectivity index (χ1) is 7.83. The Hall–Kier alpha value is -1.06. The molecule has 0 spiro atoms. The topological polar surface area (TPSA) is 55.5 Å². The van der Waals surface area contributed by atoms with Crippen molar-refractivity contribution in [1.82, 2.24) is 0 Å². The van der Waals surface area contributed by atoms with Crippen LogP contribution in [0.15, 0.2) is 24.3 Å². The van der Waals surface area contributed by atoms with Gasteiger partial charge in [0.05, 0.1) is 12.1 Å². The minimum atomic E-state index is -0.496. The number of benzene rings is 1. The van der Waals surface area contributed by atoms with E-state index in [1.807, 2.05) is 52.0 Å². The van der Waals surface area contributed by atoms with Gasteiger partial charge in [0.25, 0.3) is 0 Å². The van der Waals surface area contributed by atoms with Gasteiger partial charge in [-0.1, -0.05) is 19.1 Å². The summed E-state index contributed by atoms with van der Waals surface area (Å²) in [4.78, 5) is 0. The van der Waals surface area contributed by atoms with Crippen molar-refractivity contribution in [2.75, 3.05) is 0 Å². The summed E-state index contributed by atoms with van der Waals surface area (Å²) in [6, 6.07) is 7.27. The molecule has 2 atom stereocenters. The Bertz CT molecular complexity index is 340. The van der Waals surface area contributed by atoms with Crippen molar-refractivity contribution in [3.63, 3.8) is 0 Å². The molecule has 0 aliphatic rings. The van der Waals surface area contributed by atoms with E-state index < -0.39 is 6.10 Å². The number of hydrogen-bond acceptors (Lipinski definition) is 3. The highest BCUT2D eigenvalue weighted by atomic mass is 16.5. The Morgan fingerprint density at radius 2 is 1.76 bits per heavy atom. The zero-order chi connectivity index (χ0) is 13.1. The molecule has 3 heteroatoms. The first-order valence-corrected chi connectivity index (χ1v) is 6.06. The molecule has 0 aliphatic heterocycles. The minimum absolute atomic E-state index is 0.202. The Morgan fingerprint density at radius 1 is 1.24 bits per heavy atom. The Labute approximate surface area is 104 Å². The summed E-state index contributed by atoms with van der Waals surface area (Å²) in [6.07, 6.45) is 0.158. The van der Waals surface area contributed by atoms with Gasteiger partial charge in [-0.05, 0) is 44.9 Å². The van der Waals surface area contributed by atoms with Gasteiger partial charge in [-0.2, -0.15) is 0 Å². The van der Waals surface area contributed by atoms with E-state index >= 15 is 0 Å². The second kappa shape index (κ2) is 5.52. The quantitative estimate of drug-likeness (QED) is 0.846. The average molecular weight is 237 g/mol. The predicted molar refractivity (Wildman–Crippen MR) is 70.0 cm³/mol. The third kappa shape index (κ3) is 4.36. The van der Waals surface area contributed by atoms with Crippen LogP contribution in [0.5, 0.6) is 5.75 Å². The molecule has 0 saturated carbocycles. The highest BCUT2D eigenvalue weighted by molar-refractivity contribution is 5.29. The number of nitrogens with two attached hydrogens (primary N) is 1. The molecule has 1 rings (SSSR count). The van der Waals surface area contributed by atoms with Crippen molar-refractivity contribution in [1.29, 1.82) is 0 Å². The summed E-state index contributed by atoms with van der Waals surface area (Å²) in [6.45, 7) is 7.94. The Balaban J connectivity index is 2.74. The van der Waals surface area contributed by atoms with E-state index in [2.05, 4.69) is 0 Å². The van der Waals surface area contributed by atoms with Crippen LogP contribution in [0.25, 0.3) is 0 Å². The normalized spacial score (nSPS) is 15.4. The lowest BCUT2D eigenvalue weighted by atomic mass is 10.0. The summed E-state index contributed by atoms with van der Waals surface area (Å²) < 4.78 is 5.72. The predicted octanol–water partition coefficient (Wildman–Crippen LogP) is 2.63. The molecular formula is C14H23NO2. The van der Waals surface area contributed by atoms with E-state index in [1.54, 1.807) is 0 Å². The second-order valence-corrected chi connectivity index (χ2v) is 5.28. The third-order valence-electron chi connectivity index (χ3n) is 2.52. The summed E-state index contributed by atoms with van der Waals surface area (Å²) >= 11 is 0. The molecule has 3 N–H and O–H groups in total. The zero-order valence-electron chi connectivity index (χ0n) is 11.1. The molecule has 0 bridgehead atoms. The van der Waals surface area contributed by atoms with E-state index in [1.165, 1.54) is 0 Å². The van der Waals surface area contributed by atoms with Crippen molar-refractivity contribution < 1.29 is 9.84 Å². The molecule has 1 aromatic carbocycles. The van der Waals surface area contributed by atoms with Crippen LogP contribution in [-0.4, -0.2) is 16.8 Å². The van der Waals surface area contributed by atoms with Gasteiger partial charge >= 0.3 is 0 Å². The van der Waals surface area contributed by atoms with Crippen molar-refractivity contribution >= 4 is 0 Å². The lowest BCUT2D eigenvalue weighted by Crippen LogP contribution is -2.25. The fourth-order valence-corrected chi connectivity index (χ4v) is 1.59. The second-order valence-electron chi connectivity index (χ2n) is 5.28. The van der Waals surface area contributed by atoms with Crippen LogP contribution < -0.4 is 10.5 Å². The average Bonchev–Trinajstić information content (AvgIpc) is 2.26. The Kier molecular flexibility index (Phi) is 4.54. The zero-order valence-corrected chi connectivity index (χ0v) is 11.1. The van der Waals surface area contributed by atoms with Gasteiger partial charge in [0.1, 0.15) is 11.4 Å². The molecule has 0 amide bonds. The number of aliphatic hydroxyl groups is 1. The highest BCUT2D eigenvalue weighted by Crippen LogP contribution is 2.22. The molecule has 0 fully saturated rings. The maximum absolute atomic E-state index is 9.68. The van der Waals surface area contributed by atoms with Gasteiger partial charge in [-0.25, -0.2) is 0 Å². The van der Waals surface area contributed by atoms with Crippen LogP contribution in [0, 0.1) is 0 Å². The molecule has 3 nitrogen and oxygen atoms in total. The third-order valence-corrected chi connectivity index (χ3v) is 2.52. The molecular weight excluding hydrogens is 214 g/mol. The first kappa shape index (κ1) is 14.0. The first-order valence-electron chi connectivity index (χ1n) is 6.06. The van der Waals surface area contributed by atoms with E-state index in [4.69, 9.17) is 10.5 Å². The Morgan fingerprint density at radius 3 is 2.18 bits per heavy atom. The van der Waals surface area contributed by atoms with Gasteiger partial charge in [-0.15, -0.1) is 0 Å².